The molecule has 0 aromatic heterocycles. The van der Waals surface area contributed by atoms with Crippen LogP contribution in [0.15, 0.2) is 24.3 Å². The van der Waals surface area contributed by atoms with Crippen molar-refractivity contribution in [3.63, 3.8) is 0 Å². The lowest BCUT2D eigenvalue weighted by molar-refractivity contribution is -0.143. The number of aliphatic carboxylic acids is 1. The Morgan fingerprint density at radius 1 is 1.19 bits per heavy atom. The minimum Gasteiger partial charge on any atom is -0.480 e. The lowest BCUT2D eigenvalue weighted by atomic mass is 9.82. The lowest BCUT2D eigenvalue weighted by Gasteiger charge is -2.33. The van der Waals surface area contributed by atoms with Gasteiger partial charge in [0, 0.05) is 23.2 Å². The van der Waals surface area contributed by atoms with Crippen LogP contribution < -0.4 is 5.32 Å². The molecular weight excluding hydrogens is 344 g/mol. The first-order chi connectivity index (χ1) is 13.0. The van der Waals surface area contributed by atoms with Crippen LogP contribution in [0.2, 0.25) is 0 Å². The van der Waals surface area contributed by atoms with E-state index in [1.165, 1.54) is 4.90 Å². The maximum absolute atomic E-state index is 12.9. The zero-order valence-corrected chi connectivity index (χ0v) is 15.9. The number of piperidine rings is 1. The smallest absolute Gasteiger partial charge is 0.326 e. The highest BCUT2D eigenvalue weighted by Crippen LogP contribution is 2.41. The second-order valence-electron chi connectivity index (χ2n) is 7.72. The highest BCUT2D eigenvalue weighted by molar-refractivity contribution is 6.00. The number of anilines is 1. The summed E-state index contributed by atoms with van der Waals surface area (Å²) in [6.45, 7) is 2.50. The Morgan fingerprint density at radius 3 is 2.59 bits per heavy atom. The monoisotopic (exact) mass is 372 g/mol. The number of benzene rings is 1. The van der Waals surface area contributed by atoms with E-state index < -0.39 is 12.0 Å². The molecule has 1 saturated carbocycles. The van der Waals surface area contributed by atoms with Crippen molar-refractivity contribution in [2.45, 2.75) is 64.3 Å². The van der Waals surface area contributed by atoms with E-state index >= 15 is 0 Å². The summed E-state index contributed by atoms with van der Waals surface area (Å²) in [5, 5.41) is 12.4. The van der Waals surface area contributed by atoms with Gasteiger partial charge in [0.1, 0.15) is 6.04 Å². The van der Waals surface area contributed by atoms with E-state index in [2.05, 4.69) is 5.32 Å². The van der Waals surface area contributed by atoms with Crippen LogP contribution in [0.1, 0.15) is 68.6 Å². The molecule has 27 heavy (non-hydrogen) atoms. The molecule has 146 valence electrons. The molecular formula is C21H28N2O4. The number of amides is 2. The first-order valence-electron chi connectivity index (χ1n) is 9.92. The molecule has 3 rings (SSSR count). The molecule has 2 fully saturated rings. The lowest BCUT2D eigenvalue weighted by Crippen LogP contribution is -2.48. The molecule has 1 unspecified atom stereocenters. The van der Waals surface area contributed by atoms with Crippen LogP contribution in [-0.2, 0) is 9.59 Å². The van der Waals surface area contributed by atoms with Gasteiger partial charge in [-0.05, 0) is 56.7 Å². The molecule has 1 aromatic rings. The predicted molar refractivity (Wildman–Crippen MR) is 103 cm³/mol. The number of nitrogens with one attached hydrogen (secondary N) is 1. The number of rotatable bonds is 5. The molecule has 2 amide bonds. The molecule has 1 heterocycles. The summed E-state index contributed by atoms with van der Waals surface area (Å²) in [6.07, 6.45) is 6.88. The van der Waals surface area contributed by atoms with E-state index in [0.717, 1.165) is 44.9 Å². The fourth-order valence-corrected chi connectivity index (χ4v) is 4.38. The molecule has 0 radical (unpaired) electrons. The third-order valence-electron chi connectivity index (χ3n) is 6.14. The summed E-state index contributed by atoms with van der Waals surface area (Å²) >= 11 is 0. The van der Waals surface area contributed by atoms with Gasteiger partial charge in [-0.3, -0.25) is 9.59 Å². The Bertz CT molecular complexity index is 725. The average molecular weight is 372 g/mol. The third kappa shape index (κ3) is 3.99. The van der Waals surface area contributed by atoms with Gasteiger partial charge >= 0.3 is 5.97 Å². The minimum atomic E-state index is -0.960. The van der Waals surface area contributed by atoms with E-state index in [0.29, 0.717) is 24.2 Å². The van der Waals surface area contributed by atoms with E-state index in [-0.39, 0.29) is 17.2 Å². The van der Waals surface area contributed by atoms with Gasteiger partial charge in [-0.2, -0.15) is 0 Å². The standard InChI is InChI=1S/C21H28N2O4/c1-2-21(11-4-5-12-21)20(27)22-16-9-7-8-15(14-16)18(24)23-13-6-3-10-17(23)19(25)26/h7-9,14,17H,2-6,10-13H2,1H3,(H,22,27)(H,25,26). The molecule has 0 spiro atoms. The van der Waals surface area contributed by atoms with Gasteiger partial charge in [-0.15, -0.1) is 0 Å². The third-order valence-corrected chi connectivity index (χ3v) is 6.14. The average Bonchev–Trinajstić information content (AvgIpc) is 3.18. The molecule has 1 aliphatic carbocycles. The molecule has 6 heteroatoms. The van der Waals surface area contributed by atoms with Crippen LogP contribution in [0.25, 0.3) is 0 Å². The van der Waals surface area contributed by atoms with Crippen molar-refractivity contribution < 1.29 is 19.5 Å². The Hall–Kier alpha value is -2.37. The maximum Gasteiger partial charge on any atom is 0.326 e. The van der Waals surface area contributed by atoms with Gasteiger partial charge in [0.15, 0.2) is 0 Å². The van der Waals surface area contributed by atoms with Gasteiger partial charge in [-0.1, -0.05) is 25.8 Å². The van der Waals surface area contributed by atoms with Crippen molar-refractivity contribution in [3.05, 3.63) is 29.8 Å². The highest BCUT2D eigenvalue weighted by atomic mass is 16.4. The maximum atomic E-state index is 12.9. The van der Waals surface area contributed by atoms with Crippen LogP contribution in [0.4, 0.5) is 5.69 Å². The number of carboxylic acid groups (broad SMARTS) is 1. The Morgan fingerprint density at radius 2 is 1.93 bits per heavy atom. The molecule has 1 aliphatic heterocycles. The van der Waals surface area contributed by atoms with E-state index in [1.54, 1.807) is 24.3 Å². The molecule has 2 N–H and O–H groups in total. The predicted octanol–water partition coefficient (Wildman–Crippen LogP) is 3.67. The Balaban J connectivity index is 1.76. The fourth-order valence-electron chi connectivity index (χ4n) is 4.38. The number of carbonyl (C=O) groups is 3. The second kappa shape index (κ2) is 8.11. The van der Waals surface area contributed by atoms with Crippen LogP contribution >= 0.6 is 0 Å². The Labute approximate surface area is 159 Å². The zero-order valence-electron chi connectivity index (χ0n) is 15.9. The van der Waals surface area contributed by atoms with Gasteiger partial charge in [0.2, 0.25) is 5.91 Å². The topological polar surface area (TPSA) is 86.7 Å². The molecule has 2 aliphatic rings. The number of likely N-dealkylation sites (tertiary alicyclic amines) is 1. The molecule has 0 bridgehead atoms. The van der Waals surface area contributed by atoms with Crippen molar-refractivity contribution in [3.8, 4) is 0 Å². The van der Waals surface area contributed by atoms with Crippen molar-refractivity contribution in [1.82, 2.24) is 4.90 Å². The van der Waals surface area contributed by atoms with Crippen LogP contribution in [-0.4, -0.2) is 40.4 Å². The number of nitrogens with zero attached hydrogens (tertiary/aromatic N) is 1. The van der Waals surface area contributed by atoms with Crippen molar-refractivity contribution in [2.75, 3.05) is 11.9 Å². The second-order valence-corrected chi connectivity index (χ2v) is 7.72. The van der Waals surface area contributed by atoms with E-state index in [1.807, 2.05) is 6.92 Å². The van der Waals surface area contributed by atoms with E-state index in [9.17, 15) is 19.5 Å². The normalized spacial score (nSPS) is 21.7. The van der Waals surface area contributed by atoms with Crippen LogP contribution in [0.5, 0.6) is 0 Å². The first kappa shape index (κ1) is 19.4. The summed E-state index contributed by atoms with van der Waals surface area (Å²) in [4.78, 5) is 38.6. The summed E-state index contributed by atoms with van der Waals surface area (Å²) in [5.41, 5.74) is 0.703. The number of hydrogen-bond donors (Lipinski definition) is 2. The quantitative estimate of drug-likeness (QED) is 0.825. The minimum absolute atomic E-state index is 0.0217. The SMILES string of the molecule is CCC1(C(=O)Nc2cccc(C(=O)N3CCCCC3C(=O)O)c2)CCCC1. The largest absolute Gasteiger partial charge is 0.480 e. The molecule has 6 nitrogen and oxygen atoms in total. The highest BCUT2D eigenvalue weighted by Gasteiger charge is 2.39. The van der Waals surface area contributed by atoms with Gasteiger partial charge in [0.05, 0.1) is 0 Å². The summed E-state index contributed by atoms with van der Waals surface area (Å²) in [5.74, 6) is -1.23. The number of hydrogen-bond acceptors (Lipinski definition) is 3. The molecule has 1 aromatic carbocycles. The first-order valence-corrected chi connectivity index (χ1v) is 9.92. The number of carbonyl (C=O) groups excluding carboxylic acids is 2. The van der Waals surface area contributed by atoms with Crippen LogP contribution in [0, 0.1) is 5.41 Å². The van der Waals surface area contributed by atoms with Crippen molar-refractivity contribution in [2.24, 2.45) is 5.41 Å². The molecule has 1 saturated heterocycles. The van der Waals surface area contributed by atoms with Crippen molar-refractivity contribution in [1.29, 1.82) is 0 Å². The van der Waals surface area contributed by atoms with Gasteiger partial charge in [0.25, 0.3) is 5.91 Å². The molecule has 1 atom stereocenters. The summed E-state index contributed by atoms with van der Waals surface area (Å²) in [7, 11) is 0. The zero-order chi connectivity index (χ0) is 19.4. The van der Waals surface area contributed by atoms with Gasteiger partial charge < -0.3 is 15.3 Å². The van der Waals surface area contributed by atoms with E-state index in [4.69, 9.17) is 0 Å². The Kier molecular flexibility index (Phi) is 5.82. The number of carboxylic acids is 1. The van der Waals surface area contributed by atoms with Gasteiger partial charge in [-0.25, -0.2) is 4.79 Å². The fraction of sp³-hybridized carbons (Fsp3) is 0.571. The van der Waals surface area contributed by atoms with Crippen molar-refractivity contribution >= 4 is 23.5 Å². The van der Waals surface area contributed by atoms with Crippen LogP contribution in [0.3, 0.4) is 0 Å². The summed E-state index contributed by atoms with van der Waals surface area (Å²) < 4.78 is 0. The summed E-state index contributed by atoms with van der Waals surface area (Å²) in [6, 6.07) is 6.07.